The summed E-state index contributed by atoms with van der Waals surface area (Å²) in [5.41, 5.74) is 10.4. The van der Waals surface area contributed by atoms with Crippen LogP contribution in [0.4, 0.5) is 0 Å². The standard InChI is InChI=1S/C45H26N4/c1-2-14-29(15-3-1)48-37-19-9-7-17-32(37)35-24-30(26-46-45(35)48)47-39-21-11-8-18-33(39)42-41(47)25-34-31-16-6-10-20-38(31)49-40-23-28-13-5-4-12-27(28)22-36(40)43(42)44(34)49/h1-26H. The van der Waals surface area contributed by atoms with Crippen molar-refractivity contribution in [1.29, 1.82) is 0 Å². The molecule has 0 radical (unpaired) electrons. The Kier molecular flexibility index (Phi) is 4.69. The Labute approximate surface area is 279 Å². The van der Waals surface area contributed by atoms with Crippen LogP contribution in [0.1, 0.15) is 0 Å². The summed E-state index contributed by atoms with van der Waals surface area (Å²) >= 11 is 0. The first-order valence-corrected chi connectivity index (χ1v) is 16.8. The van der Waals surface area contributed by atoms with Crippen LogP contribution in [0.5, 0.6) is 0 Å². The number of para-hydroxylation sites is 4. The zero-order valence-corrected chi connectivity index (χ0v) is 26.3. The molecule has 0 unspecified atom stereocenters. The Morgan fingerprint density at radius 3 is 1.80 bits per heavy atom. The van der Waals surface area contributed by atoms with Crippen molar-refractivity contribution in [2.75, 3.05) is 0 Å². The number of hydrogen-bond donors (Lipinski definition) is 0. The number of fused-ring (bicyclic) bond motifs is 14. The van der Waals surface area contributed by atoms with Crippen LogP contribution in [0.25, 0.3) is 104 Å². The smallest absolute Gasteiger partial charge is 0.145 e. The fraction of sp³-hybridized carbons (Fsp3) is 0. The second kappa shape index (κ2) is 9.03. The Morgan fingerprint density at radius 1 is 0.367 bits per heavy atom. The predicted molar refractivity (Wildman–Crippen MR) is 205 cm³/mol. The number of pyridine rings is 1. The van der Waals surface area contributed by atoms with Gasteiger partial charge < -0.3 is 8.97 Å². The van der Waals surface area contributed by atoms with Gasteiger partial charge in [-0.1, -0.05) is 97.1 Å². The molecule has 0 spiro atoms. The lowest BCUT2D eigenvalue weighted by Crippen LogP contribution is -1.98. The number of nitrogens with zero attached hydrogens (tertiary/aromatic N) is 4. The van der Waals surface area contributed by atoms with Gasteiger partial charge in [-0.25, -0.2) is 4.98 Å². The number of rotatable bonds is 2. The van der Waals surface area contributed by atoms with Crippen LogP contribution in [-0.4, -0.2) is 18.5 Å². The van der Waals surface area contributed by atoms with Gasteiger partial charge in [-0.3, -0.25) is 4.57 Å². The van der Waals surface area contributed by atoms with Gasteiger partial charge in [0, 0.05) is 48.8 Å². The molecular weight excluding hydrogens is 597 g/mol. The van der Waals surface area contributed by atoms with E-state index in [1.807, 2.05) is 0 Å². The molecule has 0 saturated heterocycles. The molecule has 226 valence electrons. The molecule has 49 heavy (non-hydrogen) atoms. The van der Waals surface area contributed by atoms with E-state index in [2.05, 4.69) is 171 Å². The molecule has 4 heteroatoms. The Morgan fingerprint density at radius 2 is 1.00 bits per heavy atom. The van der Waals surface area contributed by atoms with E-state index in [9.17, 15) is 0 Å². The van der Waals surface area contributed by atoms with E-state index in [0.29, 0.717) is 0 Å². The summed E-state index contributed by atoms with van der Waals surface area (Å²) in [7, 11) is 0. The first-order chi connectivity index (χ1) is 24.3. The molecule has 0 bridgehead atoms. The van der Waals surface area contributed by atoms with Gasteiger partial charge in [0.1, 0.15) is 5.65 Å². The van der Waals surface area contributed by atoms with E-state index in [1.165, 1.54) is 76.1 Å². The zero-order chi connectivity index (χ0) is 31.8. The summed E-state index contributed by atoms with van der Waals surface area (Å²) in [5.74, 6) is 0. The van der Waals surface area contributed by atoms with Crippen molar-refractivity contribution in [3.63, 3.8) is 0 Å². The van der Waals surface area contributed by atoms with Crippen molar-refractivity contribution in [1.82, 2.24) is 18.5 Å². The highest BCUT2D eigenvalue weighted by atomic mass is 15.1. The minimum atomic E-state index is 0.960. The van der Waals surface area contributed by atoms with Crippen molar-refractivity contribution >= 4 is 92.6 Å². The van der Waals surface area contributed by atoms with E-state index < -0.39 is 0 Å². The van der Waals surface area contributed by atoms with Crippen molar-refractivity contribution in [3.05, 3.63) is 158 Å². The molecule has 0 aliphatic rings. The highest BCUT2D eigenvalue weighted by Gasteiger charge is 2.25. The van der Waals surface area contributed by atoms with Crippen LogP contribution < -0.4 is 0 Å². The Bertz CT molecular complexity index is 3320. The highest BCUT2D eigenvalue weighted by Crippen LogP contribution is 2.47. The lowest BCUT2D eigenvalue weighted by atomic mass is 10.0. The van der Waals surface area contributed by atoms with Gasteiger partial charge in [-0.15, -0.1) is 0 Å². The third-order valence-corrected chi connectivity index (χ3v) is 10.7. The molecule has 0 amide bonds. The van der Waals surface area contributed by atoms with Crippen LogP contribution in [0.3, 0.4) is 0 Å². The molecule has 0 saturated carbocycles. The van der Waals surface area contributed by atoms with Crippen molar-refractivity contribution in [3.8, 4) is 11.4 Å². The molecule has 0 atom stereocenters. The Hall–Kier alpha value is -6.65. The van der Waals surface area contributed by atoms with Gasteiger partial charge in [-0.2, -0.15) is 0 Å². The molecule has 4 nitrogen and oxygen atoms in total. The average molecular weight is 623 g/mol. The molecule has 12 rings (SSSR count). The van der Waals surface area contributed by atoms with E-state index in [1.54, 1.807) is 0 Å². The van der Waals surface area contributed by atoms with Crippen molar-refractivity contribution < 1.29 is 0 Å². The summed E-state index contributed by atoms with van der Waals surface area (Å²) in [5, 5.41) is 12.5. The maximum Gasteiger partial charge on any atom is 0.145 e. The van der Waals surface area contributed by atoms with Gasteiger partial charge in [0.2, 0.25) is 0 Å². The van der Waals surface area contributed by atoms with Crippen molar-refractivity contribution in [2.45, 2.75) is 0 Å². The predicted octanol–water partition coefficient (Wildman–Crippen LogP) is 11.6. The summed E-state index contributed by atoms with van der Waals surface area (Å²) < 4.78 is 7.22. The van der Waals surface area contributed by atoms with Crippen LogP contribution in [0.15, 0.2) is 158 Å². The van der Waals surface area contributed by atoms with Crippen LogP contribution in [-0.2, 0) is 0 Å². The second-order valence-corrected chi connectivity index (χ2v) is 13.2. The third kappa shape index (κ3) is 3.16. The summed E-state index contributed by atoms with van der Waals surface area (Å²) in [6.07, 6.45) is 2.06. The third-order valence-electron chi connectivity index (χ3n) is 10.7. The summed E-state index contributed by atoms with van der Waals surface area (Å²) in [4.78, 5) is 5.23. The van der Waals surface area contributed by atoms with Crippen molar-refractivity contribution in [2.24, 2.45) is 0 Å². The van der Waals surface area contributed by atoms with E-state index in [0.717, 1.165) is 27.9 Å². The Balaban J connectivity index is 1.27. The summed E-state index contributed by atoms with van der Waals surface area (Å²) in [6.45, 7) is 0. The maximum absolute atomic E-state index is 5.23. The van der Waals surface area contributed by atoms with Gasteiger partial charge in [0.05, 0.1) is 45.0 Å². The molecule has 7 aromatic carbocycles. The SMILES string of the molecule is c1ccc(-n2c3ccccc3c3cc(-n4c5ccccc5c5c6c7cc8ccccc8cc7n7c8ccccc8c(cc54)c67)cnc32)cc1. The topological polar surface area (TPSA) is 27.2 Å². The highest BCUT2D eigenvalue weighted by molar-refractivity contribution is 6.36. The number of hydrogen-bond acceptors (Lipinski definition) is 1. The van der Waals surface area contributed by atoms with Crippen LogP contribution >= 0.6 is 0 Å². The molecule has 0 N–H and O–H groups in total. The largest absolute Gasteiger partial charge is 0.308 e. The molecular formula is C45H26N4. The lowest BCUT2D eigenvalue weighted by Gasteiger charge is -2.10. The van der Waals surface area contributed by atoms with E-state index >= 15 is 0 Å². The molecule has 5 heterocycles. The normalized spacial score (nSPS) is 12.5. The van der Waals surface area contributed by atoms with Crippen LogP contribution in [0, 0.1) is 0 Å². The second-order valence-electron chi connectivity index (χ2n) is 13.2. The fourth-order valence-corrected chi connectivity index (χ4v) is 8.77. The zero-order valence-electron chi connectivity index (χ0n) is 26.3. The monoisotopic (exact) mass is 622 g/mol. The van der Waals surface area contributed by atoms with E-state index in [4.69, 9.17) is 4.98 Å². The average Bonchev–Trinajstić information content (AvgIpc) is 3.87. The van der Waals surface area contributed by atoms with Crippen LogP contribution in [0.2, 0.25) is 0 Å². The summed E-state index contributed by atoms with van der Waals surface area (Å²) in [6, 6.07) is 55.2. The van der Waals surface area contributed by atoms with Gasteiger partial charge in [0.25, 0.3) is 0 Å². The quantitative estimate of drug-likeness (QED) is 0.188. The minimum Gasteiger partial charge on any atom is -0.308 e. The molecule has 5 aromatic heterocycles. The number of aromatic nitrogens is 4. The minimum absolute atomic E-state index is 0.960. The molecule has 0 aliphatic carbocycles. The lowest BCUT2D eigenvalue weighted by molar-refractivity contribution is 1.11. The fourth-order valence-electron chi connectivity index (χ4n) is 8.77. The maximum atomic E-state index is 5.23. The van der Waals surface area contributed by atoms with E-state index in [-0.39, 0.29) is 0 Å². The van der Waals surface area contributed by atoms with Gasteiger partial charge in [-0.05, 0) is 65.4 Å². The van der Waals surface area contributed by atoms with Gasteiger partial charge >= 0.3 is 0 Å². The molecule has 0 fully saturated rings. The molecule has 0 aliphatic heterocycles. The first kappa shape index (κ1) is 25.4. The number of benzene rings is 7. The molecule has 12 aromatic rings. The first-order valence-electron chi connectivity index (χ1n) is 16.8. The van der Waals surface area contributed by atoms with Gasteiger partial charge in [0.15, 0.2) is 0 Å².